The standard InChI is InChI=1S/C24H32O9/c1-7-11(2)22(28)33-21-19-12(3)23(29)32-17(19)9-24(6)18(31-14(5)26)8-16(27)15(20(21)24)10-30-13(4)25/h7,12,16-19,21,27H,8-10H2,1-6H3/b11-7+/t12-,16+,17-,18+,19-,21+,24-/m1/s1. The molecule has 3 rings (SSSR count). The molecule has 1 N–H and O–H groups in total. The Labute approximate surface area is 193 Å². The Bertz CT molecular complexity index is 917. The quantitative estimate of drug-likeness (QED) is 0.281. The lowest BCUT2D eigenvalue weighted by molar-refractivity contribution is -0.168. The first-order chi connectivity index (χ1) is 15.4. The average Bonchev–Trinajstić information content (AvgIpc) is 3.00. The van der Waals surface area contributed by atoms with Crippen LogP contribution in [-0.2, 0) is 38.1 Å². The second-order valence-corrected chi connectivity index (χ2v) is 9.33. The molecule has 0 bridgehead atoms. The first-order valence-corrected chi connectivity index (χ1v) is 11.2. The molecule has 1 saturated carbocycles. The fourth-order valence-corrected chi connectivity index (χ4v) is 5.33. The maximum Gasteiger partial charge on any atom is 0.333 e. The molecule has 7 atom stereocenters. The number of rotatable bonds is 5. The highest BCUT2D eigenvalue weighted by Gasteiger charge is 2.62. The van der Waals surface area contributed by atoms with Crippen molar-refractivity contribution in [1.29, 1.82) is 0 Å². The molecule has 0 amide bonds. The van der Waals surface area contributed by atoms with Crippen LogP contribution in [0.5, 0.6) is 0 Å². The summed E-state index contributed by atoms with van der Waals surface area (Å²) >= 11 is 0. The van der Waals surface area contributed by atoms with E-state index in [-0.39, 0.29) is 13.0 Å². The third-order valence-electron chi connectivity index (χ3n) is 7.14. The number of esters is 4. The SMILES string of the molecule is C/C=C(\C)C(=O)O[C@@H]1C2=C(COC(C)=O)[C@@H](O)C[C@H](OC(C)=O)[C@@]2(C)C[C@H]2OC(=O)[C@H](C)[C@@H]12. The summed E-state index contributed by atoms with van der Waals surface area (Å²) in [5.41, 5.74) is 0.391. The van der Waals surface area contributed by atoms with Crippen LogP contribution in [0.1, 0.15) is 54.4 Å². The van der Waals surface area contributed by atoms with E-state index in [9.17, 15) is 24.3 Å². The Morgan fingerprint density at radius 3 is 2.42 bits per heavy atom. The van der Waals surface area contributed by atoms with Crippen molar-refractivity contribution in [2.45, 2.75) is 78.8 Å². The fraction of sp³-hybridized carbons (Fsp3) is 0.667. The van der Waals surface area contributed by atoms with Crippen molar-refractivity contribution in [3.05, 3.63) is 22.8 Å². The number of carbonyl (C=O) groups is 4. The minimum atomic E-state index is -1.09. The molecule has 9 nitrogen and oxygen atoms in total. The van der Waals surface area contributed by atoms with Gasteiger partial charge in [-0.1, -0.05) is 19.9 Å². The lowest BCUT2D eigenvalue weighted by atomic mass is 9.56. The molecule has 0 aromatic carbocycles. The van der Waals surface area contributed by atoms with Gasteiger partial charge in [-0.3, -0.25) is 14.4 Å². The maximum atomic E-state index is 12.8. The predicted octanol–water partition coefficient (Wildman–Crippen LogP) is 2.01. The highest BCUT2D eigenvalue weighted by molar-refractivity contribution is 5.88. The molecular formula is C24H32O9. The van der Waals surface area contributed by atoms with Gasteiger partial charge in [-0.25, -0.2) is 4.79 Å². The van der Waals surface area contributed by atoms with Crippen molar-refractivity contribution < 1.29 is 43.2 Å². The number of ether oxygens (including phenoxy) is 4. The van der Waals surface area contributed by atoms with Gasteiger partial charge in [-0.2, -0.15) is 0 Å². The zero-order valence-electron chi connectivity index (χ0n) is 19.9. The van der Waals surface area contributed by atoms with Gasteiger partial charge in [0.1, 0.15) is 24.9 Å². The molecule has 0 radical (unpaired) electrons. The van der Waals surface area contributed by atoms with Gasteiger partial charge in [-0.15, -0.1) is 0 Å². The molecule has 182 valence electrons. The largest absolute Gasteiger partial charge is 0.462 e. The second-order valence-electron chi connectivity index (χ2n) is 9.33. The van der Waals surface area contributed by atoms with Crippen LogP contribution >= 0.6 is 0 Å². The van der Waals surface area contributed by atoms with E-state index in [1.54, 1.807) is 26.8 Å². The van der Waals surface area contributed by atoms with E-state index in [0.717, 1.165) is 0 Å². The van der Waals surface area contributed by atoms with Crippen LogP contribution in [-0.4, -0.2) is 60.0 Å². The van der Waals surface area contributed by atoms with Gasteiger partial charge >= 0.3 is 23.9 Å². The zero-order chi connectivity index (χ0) is 24.7. The van der Waals surface area contributed by atoms with Gasteiger partial charge in [0.15, 0.2) is 0 Å². The molecule has 1 aliphatic heterocycles. The predicted molar refractivity (Wildman–Crippen MR) is 114 cm³/mol. The third-order valence-corrected chi connectivity index (χ3v) is 7.14. The smallest absolute Gasteiger partial charge is 0.333 e. The number of aliphatic hydroxyl groups excluding tert-OH is 1. The first-order valence-electron chi connectivity index (χ1n) is 11.2. The minimum Gasteiger partial charge on any atom is -0.462 e. The van der Waals surface area contributed by atoms with Crippen molar-refractivity contribution in [2.24, 2.45) is 17.3 Å². The molecule has 1 saturated heterocycles. The summed E-state index contributed by atoms with van der Waals surface area (Å²) in [6.45, 7) is 9.22. The van der Waals surface area contributed by atoms with Crippen molar-refractivity contribution in [2.75, 3.05) is 6.61 Å². The molecule has 2 fully saturated rings. The van der Waals surface area contributed by atoms with Gasteiger partial charge in [0.05, 0.1) is 17.9 Å². The molecule has 1 heterocycles. The molecule has 2 aliphatic carbocycles. The van der Waals surface area contributed by atoms with Gasteiger partial charge in [0, 0.05) is 31.3 Å². The van der Waals surface area contributed by atoms with E-state index in [1.807, 2.05) is 6.92 Å². The normalized spacial score (nSPS) is 35.8. The number of aliphatic hydroxyl groups is 1. The highest BCUT2D eigenvalue weighted by atomic mass is 16.6. The molecule has 33 heavy (non-hydrogen) atoms. The third kappa shape index (κ3) is 4.55. The molecular weight excluding hydrogens is 432 g/mol. The van der Waals surface area contributed by atoms with Crippen LogP contribution < -0.4 is 0 Å². The highest BCUT2D eigenvalue weighted by Crippen LogP contribution is 2.57. The van der Waals surface area contributed by atoms with Gasteiger partial charge in [0.2, 0.25) is 0 Å². The van der Waals surface area contributed by atoms with Gasteiger partial charge in [0.25, 0.3) is 0 Å². The van der Waals surface area contributed by atoms with Crippen LogP contribution in [0.25, 0.3) is 0 Å². The Balaban J connectivity index is 2.20. The number of hydrogen-bond acceptors (Lipinski definition) is 9. The molecule has 0 unspecified atom stereocenters. The number of allylic oxidation sites excluding steroid dienone is 1. The van der Waals surface area contributed by atoms with Gasteiger partial charge in [-0.05, 0) is 31.4 Å². The van der Waals surface area contributed by atoms with E-state index in [1.165, 1.54) is 13.8 Å². The summed E-state index contributed by atoms with van der Waals surface area (Å²) in [7, 11) is 0. The van der Waals surface area contributed by atoms with Crippen LogP contribution in [0, 0.1) is 17.3 Å². The lowest BCUT2D eigenvalue weighted by Crippen LogP contribution is -2.57. The van der Waals surface area contributed by atoms with Crippen molar-refractivity contribution in [3.8, 4) is 0 Å². The number of hydrogen-bond donors (Lipinski definition) is 1. The zero-order valence-corrected chi connectivity index (χ0v) is 19.9. The fourth-order valence-electron chi connectivity index (χ4n) is 5.33. The van der Waals surface area contributed by atoms with E-state index < -0.39 is 65.5 Å². The summed E-state index contributed by atoms with van der Waals surface area (Å²) in [5.74, 6) is -3.07. The molecule has 0 spiro atoms. The van der Waals surface area contributed by atoms with Crippen molar-refractivity contribution in [3.63, 3.8) is 0 Å². The van der Waals surface area contributed by atoms with E-state index in [0.29, 0.717) is 23.1 Å². The summed E-state index contributed by atoms with van der Waals surface area (Å²) in [4.78, 5) is 48.8. The Hall–Kier alpha value is -2.68. The van der Waals surface area contributed by atoms with E-state index >= 15 is 0 Å². The molecule has 0 aromatic heterocycles. The van der Waals surface area contributed by atoms with Gasteiger partial charge < -0.3 is 24.1 Å². The van der Waals surface area contributed by atoms with Crippen molar-refractivity contribution in [1.82, 2.24) is 0 Å². The topological polar surface area (TPSA) is 125 Å². The maximum absolute atomic E-state index is 12.8. The van der Waals surface area contributed by atoms with Crippen molar-refractivity contribution >= 4 is 23.9 Å². The summed E-state index contributed by atoms with van der Waals surface area (Å²) < 4.78 is 22.4. The summed E-state index contributed by atoms with van der Waals surface area (Å²) in [5, 5.41) is 11.0. The Morgan fingerprint density at radius 1 is 1.18 bits per heavy atom. The van der Waals surface area contributed by atoms with E-state index in [4.69, 9.17) is 18.9 Å². The van der Waals surface area contributed by atoms with E-state index in [2.05, 4.69) is 0 Å². The first kappa shape index (κ1) is 25.0. The summed E-state index contributed by atoms with van der Waals surface area (Å²) in [6.07, 6.45) is -1.33. The number of carbonyl (C=O) groups excluding carboxylic acids is 4. The lowest BCUT2D eigenvalue weighted by Gasteiger charge is -2.53. The van der Waals surface area contributed by atoms with Crippen LogP contribution in [0.2, 0.25) is 0 Å². The monoisotopic (exact) mass is 464 g/mol. The Morgan fingerprint density at radius 2 is 1.85 bits per heavy atom. The molecule has 0 aromatic rings. The minimum absolute atomic E-state index is 0.0750. The number of fused-ring (bicyclic) bond motifs is 2. The molecule has 3 aliphatic rings. The summed E-state index contributed by atoms with van der Waals surface area (Å²) in [6, 6.07) is 0. The van der Waals surface area contributed by atoms with Crippen LogP contribution in [0.4, 0.5) is 0 Å². The molecule has 9 heteroatoms. The van der Waals surface area contributed by atoms with Crippen LogP contribution in [0.15, 0.2) is 22.8 Å². The Kier molecular flexibility index (Phi) is 7.02. The van der Waals surface area contributed by atoms with Crippen LogP contribution in [0.3, 0.4) is 0 Å². The average molecular weight is 465 g/mol. The second kappa shape index (κ2) is 9.29.